The number of nitrogens with zero attached hydrogens (tertiary/aromatic N) is 1. The summed E-state index contributed by atoms with van der Waals surface area (Å²) in [5.41, 5.74) is -0.660. The van der Waals surface area contributed by atoms with Crippen molar-refractivity contribution in [2.24, 2.45) is 5.92 Å². The molecule has 1 saturated carbocycles. The Kier molecular flexibility index (Phi) is 5.68. The lowest BCUT2D eigenvalue weighted by Gasteiger charge is -2.32. The fraction of sp³-hybridized carbons (Fsp3) is 0.632. The zero-order valence-electron chi connectivity index (χ0n) is 16.8. The van der Waals surface area contributed by atoms with Crippen LogP contribution in [-0.2, 0) is 14.0 Å². The van der Waals surface area contributed by atoms with E-state index in [1.807, 2.05) is 33.7 Å². The zero-order valence-corrected chi connectivity index (χ0v) is 16.8. The summed E-state index contributed by atoms with van der Waals surface area (Å²) < 4.78 is 17.6. The predicted molar refractivity (Wildman–Crippen MR) is 102 cm³/mol. The van der Waals surface area contributed by atoms with Crippen molar-refractivity contribution in [2.45, 2.75) is 70.7 Å². The minimum Gasteiger partial charge on any atom is -0.492 e. The Hall–Kier alpha value is -2.13. The number of aromatic nitrogens is 1. The summed E-state index contributed by atoms with van der Waals surface area (Å²) >= 11 is 0. The first-order valence-corrected chi connectivity index (χ1v) is 9.60. The molecule has 1 aromatic heterocycles. The van der Waals surface area contributed by atoms with Crippen molar-refractivity contribution in [3.63, 3.8) is 0 Å². The van der Waals surface area contributed by atoms with Gasteiger partial charge in [0, 0.05) is 12.1 Å². The molecule has 2 atom stereocenters. The molecule has 2 heterocycles. The van der Waals surface area contributed by atoms with Crippen LogP contribution in [0.2, 0.25) is 0 Å². The van der Waals surface area contributed by atoms with Gasteiger partial charge in [0.1, 0.15) is 6.10 Å². The van der Waals surface area contributed by atoms with Crippen LogP contribution in [0.5, 0.6) is 11.8 Å². The molecule has 3 rings (SSSR count). The largest absolute Gasteiger partial charge is 0.534 e. The Morgan fingerprint density at radius 1 is 1.25 bits per heavy atom. The van der Waals surface area contributed by atoms with Gasteiger partial charge in [-0.25, -0.2) is 4.79 Å². The zero-order chi connectivity index (χ0) is 20.5. The molecule has 1 aromatic rings. The number of carbonyl (C=O) groups excluding carboxylic acids is 1. The van der Waals surface area contributed by atoms with Crippen molar-refractivity contribution in [3.8, 4) is 11.8 Å². The number of carbonyl (C=O) groups is 1. The van der Waals surface area contributed by atoms with Crippen LogP contribution >= 0.6 is 0 Å². The van der Waals surface area contributed by atoms with Gasteiger partial charge >= 0.3 is 13.3 Å². The highest BCUT2D eigenvalue weighted by Gasteiger charge is 2.50. The Morgan fingerprint density at radius 3 is 2.46 bits per heavy atom. The molecule has 0 aromatic carbocycles. The summed E-state index contributed by atoms with van der Waals surface area (Å²) in [6.07, 6.45) is 4.52. The minimum absolute atomic E-state index is 0.181. The molecule has 2 N–H and O–H groups in total. The van der Waals surface area contributed by atoms with Crippen molar-refractivity contribution in [2.75, 3.05) is 0 Å². The van der Waals surface area contributed by atoms with Crippen molar-refractivity contribution in [1.82, 2.24) is 4.73 Å². The number of hydrogen-bond acceptors (Lipinski definition) is 7. The lowest BCUT2D eigenvalue weighted by molar-refractivity contribution is 0.00578. The third kappa shape index (κ3) is 4.64. The van der Waals surface area contributed by atoms with Crippen molar-refractivity contribution >= 4 is 13.3 Å². The van der Waals surface area contributed by atoms with E-state index >= 15 is 0 Å². The Morgan fingerprint density at radius 2 is 1.86 bits per heavy atom. The number of allylic oxidation sites excluding steroid dienone is 1. The summed E-state index contributed by atoms with van der Waals surface area (Å²) in [5, 5.41) is 18.9. The third-order valence-corrected chi connectivity index (χ3v) is 5.58. The molecule has 2 aliphatic rings. The van der Waals surface area contributed by atoms with Gasteiger partial charge in [0.05, 0.1) is 11.2 Å². The summed E-state index contributed by atoms with van der Waals surface area (Å²) in [7, 11) is -0.321. The number of hydrogen-bond donors (Lipinski definition) is 2. The van der Waals surface area contributed by atoms with Crippen LogP contribution in [0.1, 0.15) is 53.4 Å². The Balaban J connectivity index is 1.31. The molecule has 1 aliphatic heterocycles. The predicted octanol–water partition coefficient (Wildman–Crippen LogP) is 3.21. The first kappa shape index (κ1) is 20.6. The van der Waals surface area contributed by atoms with E-state index in [9.17, 15) is 15.0 Å². The maximum Gasteiger partial charge on any atom is 0.534 e. The van der Waals surface area contributed by atoms with E-state index in [2.05, 4.69) is 6.08 Å². The van der Waals surface area contributed by atoms with Gasteiger partial charge in [-0.15, -0.1) is 4.73 Å². The van der Waals surface area contributed by atoms with Crippen LogP contribution in [0.25, 0.3) is 0 Å². The summed E-state index contributed by atoms with van der Waals surface area (Å²) in [6, 6.07) is 2.42. The van der Waals surface area contributed by atoms with E-state index < -0.39 is 6.16 Å². The molecular weight excluding hydrogens is 365 g/mol. The minimum atomic E-state index is -0.949. The lowest BCUT2D eigenvalue weighted by Crippen LogP contribution is -2.41. The second kappa shape index (κ2) is 7.71. The Bertz CT molecular complexity index is 707. The number of ether oxygens (including phenoxy) is 1. The summed E-state index contributed by atoms with van der Waals surface area (Å²) in [6.45, 7) is 8.10. The highest BCUT2D eigenvalue weighted by Crippen LogP contribution is 2.39. The first-order valence-electron chi connectivity index (χ1n) is 9.60. The van der Waals surface area contributed by atoms with Crippen LogP contribution in [0, 0.1) is 5.92 Å². The fourth-order valence-electron chi connectivity index (χ4n) is 3.06. The molecule has 1 aliphatic carbocycles. The van der Waals surface area contributed by atoms with Crippen molar-refractivity contribution < 1.29 is 33.9 Å². The molecule has 2 unspecified atom stereocenters. The van der Waals surface area contributed by atoms with Gasteiger partial charge in [-0.2, -0.15) is 0 Å². The Labute approximate surface area is 165 Å². The van der Waals surface area contributed by atoms with Gasteiger partial charge in [0.15, 0.2) is 0 Å². The molecule has 154 valence electrons. The van der Waals surface area contributed by atoms with Crippen LogP contribution in [0.4, 0.5) is 4.79 Å². The topological polar surface area (TPSA) is 99.4 Å². The monoisotopic (exact) mass is 393 g/mol. The average molecular weight is 393 g/mol. The number of aromatic hydroxyl groups is 2. The van der Waals surface area contributed by atoms with Gasteiger partial charge in [-0.3, -0.25) is 4.84 Å². The highest BCUT2D eigenvalue weighted by molar-refractivity contribution is 6.51. The first-order chi connectivity index (χ1) is 13.1. The molecule has 2 fully saturated rings. The summed E-state index contributed by atoms with van der Waals surface area (Å²) in [5.74, 6) is 1.50. The quantitative estimate of drug-likeness (QED) is 0.417. The third-order valence-electron chi connectivity index (χ3n) is 5.58. The van der Waals surface area contributed by atoms with Gasteiger partial charge < -0.3 is 24.3 Å². The van der Waals surface area contributed by atoms with E-state index in [-0.39, 0.29) is 36.2 Å². The number of rotatable bonds is 7. The second-order valence-corrected chi connectivity index (χ2v) is 8.32. The molecular formula is C19H28BNO7. The number of unbranched alkanes of at least 4 members (excludes halogenated alkanes) is 1. The van der Waals surface area contributed by atoms with Crippen LogP contribution in [-0.4, -0.2) is 45.5 Å². The van der Waals surface area contributed by atoms with Gasteiger partial charge in [-0.05, 0) is 59.3 Å². The molecule has 1 saturated heterocycles. The van der Waals surface area contributed by atoms with Crippen molar-refractivity contribution in [1.29, 1.82) is 0 Å². The molecule has 0 amide bonds. The SMILES string of the molecule is CC1(C)OB(C=CCCCC2CC2OC(=O)On2c(O)ccc2O)OC1(C)C. The molecule has 0 spiro atoms. The van der Waals surface area contributed by atoms with Crippen LogP contribution < -0.4 is 4.84 Å². The molecule has 0 radical (unpaired) electrons. The van der Waals surface area contributed by atoms with Crippen LogP contribution in [0.15, 0.2) is 24.2 Å². The van der Waals surface area contributed by atoms with Gasteiger partial charge in [-0.1, -0.05) is 12.1 Å². The van der Waals surface area contributed by atoms with E-state index in [1.165, 1.54) is 12.1 Å². The van der Waals surface area contributed by atoms with E-state index in [4.69, 9.17) is 18.9 Å². The maximum atomic E-state index is 11.7. The van der Waals surface area contributed by atoms with Gasteiger partial charge in [0.25, 0.3) is 0 Å². The molecule has 28 heavy (non-hydrogen) atoms. The lowest BCUT2D eigenvalue weighted by atomic mass is 9.89. The van der Waals surface area contributed by atoms with Gasteiger partial charge in [0.2, 0.25) is 11.8 Å². The highest BCUT2D eigenvalue weighted by atomic mass is 16.8. The van der Waals surface area contributed by atoms with E-state index in [1.54, 1.807) is 0 Å². The van der Waals surface area contributed by atoms with E-state index in [0.717, 1.165) is 25.7 Å². The fourth-order valence-corrected chi connectivity index (χ4v) is 3.06. The average Bonchev–Trinajstić information content (AvgIpc) is 3.19. The maximum absolute atomic E-state index is 11.7. The smallest absolute Gasteiger partial charge is 0.492 e. The summed E-state index contributed by atoms with van der Waals surface area (Å²) in [4.78, 5) is 16.5. The molecule has 0 bridgehead atoms. The standard InChI is InChI=1S/C19H28BNO7/c1-18(2)19(3,4)28-20(27-18)11-7-5-6-8-13-12-14(13)25-17(24)26-21-15(22)9-10-16(21)23/h7,9-11,13-14,22-23H,5-6,8,12H2,1-4H3. The van der Waals surface area contributed by atoms with E-state index in [0.29, 0.717) is 10.6 Å². The van der Waals surface area contributed by atoms with Crippen molar-refractivity contribution in [3.05, 3.63) is 24.2 Å². The second-order valence-electron chi connectivity index (χ2n) is 8.32. The van der Waals surface area contributed by atoms with Crippen LogP contribution in [0.3, 0.4) is 0 Å². The molecule has 8 nitrogen and oxygen atoms in total. The molecule has 9 heteroatoms. The normalized spacial score (nSPS) is 25.2.